The Morgan fingerprint density at radius 3 is 2.72 bits per heavy atom. The number of imidazole rings is 1. The van der Waals surface area contributed by atoms with E-state index in [-0.39, 0.29) is 18.1 Å². The first kappa shape index (κ1) is 17.3. The molecule has 0 amide bonds. The lowest BCUT2D eigenvalue weighted by Gasteiger charge is -2.18. The fraction of sp³-hybridized carbons (Fsp3) is 0.471. The molecule has 5 nitrogen and oxygen atoms in total. The Balaban J connectivity index is 1.93. The van der Waals surface area contributed by atoms with Crippen LogP contribution in [0.15, 0.2) is 6.07 Å². The molecular weight excluding hydrogens is 331 g/mol. The Morgan fingerprint density at radius 2 is 2.04 bits per heavy atom. The molecule has 0 spiro atoms. The average Bonchev–Trinajstić information content (AvgIpc) is 2.86. The quantitative estimate of drug-likeness (QED) is 0.917. The number of aryl methyl sites for hydroxylation is 3. The Kier molecular flexibility index (Phi) is 4.41. The fourth-order valence-corrected chi connectivity index (χ4v) is 3.21. The summed E-state index contributed by atoms with van der Waals surface area (Å²) in [7, 11) is 0. The van der Waals surface area contributed by atoms with Crippen molar-refractivity contribution < 1.29 is 13.2 Å². The highest BCUT2D eigenvalue weighted by Gasteiger charge is 2.35. The van der Waals surface area contributed by atoms with Gasteiger partial charge in [0, 0.05) is 18.7 Å². The number of halogens is 3. The van der Waals surface area contributed by atoms with Crippen molar-refractivity contribution in [2.45, 2.75) is 52.4 Å². The summed E-state index contributed by atoms with van der Waals surface area (Å²) in [6.45, 7) is 4.50. The zero-order chi connectivity index (χ0) is 18.2. The third kappa shape index (κ3) is 3.31. The van der Waals surface area contributed by atoms with Gasteiger partial charge in [0.2, 0.25) is 0 Å². The molecule has 3 heterocycles. The number of nitriles is 1. The Hall–Kier alpha value is -2.56. The first-order valence-corrected chi connectivity index (χ1v) is 8.09. The van der Waals surface area contributed by atoms with Gasteiger partial charge in [0.1, 0.15) is 23.3 Å². The van der Waals surface area contributed by atoms with Crippen LogP contribution in [0.25, 0.3) is 0 Å². The minimum atomic E-state index is -4.60. The summed E-state index contributed by atoms with van der Waals surface area (Å²) < 4.78 is 41.6. The average molecular weight is 349 g/mol. The molecule has 0 aliphatic carbocycles. The van der Waals surface area contributed by atoms with Gasteiger partial charge in [0.25, 0.3) is 0 Å². The second kappa shape index (κ2) is 6.39. The normalized spacial score (nSPS) is 14.1. The van der Waals surface area contributed by atoms with E-state index in [0.717, 1.165) is 49.1 Å². The highest BCUT2D eigenvalue weighted by atomic mass is 19.4. The van der Waals surface area contributed by atoms with E-state index in [9.17, 15) is 18.4 Å². The first-order valence-electron chi connectivity index (χ1n) is 8.09. The van der Waals surface area contributed by atoms with Crippen molar-refractivity contribution in [1.82, 2.24) is 14.5 Å². The van der Waals surface area contributed by atoms with Crippen molar-refractivity contribution in [2.24, 2.45) is 0 Å². The molecule has 0 radical (unpaired) electrons. The van der Waals surface area contributed by atoms with Crippen molar-refractivity contribution in [1.29, 1.82) is 5.26 Å². The molecule has 8 heteroatoms. The number of nitrogens with one attached hydrogen (secondary N) is 1. The maximum atomic E-state index is 13.2. The molecule has 3 rings (SSSR count). The third-order valence-electron chi connectivity index (χ3n) is 4.37. The molecule has 0 saturated heterocycles. The van der Waals surface area contributed by atoms with E-state index >= 15 is 0 Å². The number of rotatable bonds is 3. The molecule has 1 aliphatic heterocycles. The largest absolute Gasteiger partial charge is 0.417 e. The minimum absolute atomic E-state index is 0.0411. The summed E-state index contributed by atoms with van der Waals surface area (Å²) in [6, 6.07) is 2.54. The lowest BCUT2D eigenvalue weighted by atomic mass is 10.1. The number of aromatic nitrogens is 3. The molecule has 25 heavy (non-hydrogen) atoms. The maximum absolute atomic E-state index is 13.2. The minimum Gasteiger partial charge on any atom is -0.363 e. The van der Waals surface area contributed by atoms with Crippen LogP contribution in [0.2, 0.25) is 0 Å². The predicted molar refractivity (Wildman–Crippen MR) is 85.9 cm³/mol. The second-order valence-corrected chi connectivity index (χ2v) is 6.17. The van der Waals surface area contributed by atoms with E-state index in [4.69, 9.17) is 0 Å². The van der Waals surface area contributed by atoms with Gasteiger partial charge in [-0.25, -0.2) is 9.97 Å². The lowest BCUT2D eigenvalue weighted by Crippen LogP contribution is -2.17. The molecule has 0 unspecified atom stereocenters. The molecule has 1 N–H and O–H groups in total. The monoisotopic (exact) mass is 349 g/mol. The van der Waals surface area contributed by atoms with Crippen LogP contribution in [0.3, 0.4) is 0 Å². The molecule has 2 aromatic rings. The van der Waals surface area contributed by atoms with E-state index in [1.165, 1.54) is 6.92 Å². The number of pyridine rings is 1. The zero-order valence-electron chi connectivity index (χ0n) is 14.0. The van der Waals surface area contributed by atoms with Gasteiger partial charge in [-0.2, -0.15) is 18.4 Å². The van der Waals surface area contributed by atoms with Crippen LogP contribution in [0, 0.1) is 25.2 Å². The first-order chi connectivity index (χ1) is 11.8. The van der Waals surface area contributed by atoms with Crippen molar-refractivity contribution in [2.75, 3.05) is 5.32 Å². The second-order valence-electron chi connectivity index (χ2n) is 6.17. The van der Waals surface area contributed by atoms with Crippen molar-refractivity contribution >= 4 is 5.82 Å². The van der Waals surface area contributed by atoms with Crippen molar-refractivity contribution in [3.05, 3.63) is 40.1 Å². The smallest absolute Gasteiger partial charge is 0.363 e. The lowest BCUT2D eigenvalue weighted by molar-refractivity contribution is -0.137. The van der Waals surface area contributed by atoms with Crippen LogP contribution in [-0.2, 0) is 25.7 Å². The van der Waals surface area contributed by atoms with Gasteiger partial charge >= 0.3 is 6.18 Å². The molecule has 132 valence electrons. The van der Waals surface area contributed by atoms with Crippen LogP contribution in [-0.4, -0.2) is 14.5 Å². The van der Waals surface area contributed by atoms with Gasteiger partial charge in [-0.3, -0.25) is 0 Å². The standard InChI is InChI=1S/C17H18F3N5/c1-10-7-13(17(18,19)20)12(8-21)16(23-10)22-9-14-11(2)24-15-5-3-4-6-25(14)15/h7H,3-6,9H2,1-2H3,(H,22,23). The van der Waals surface area contributed by atoms with Gasteiger partial charge in [-0.05, 0) is 32.8 Å². The van der Waals surface area contributed by atoms with E-state index in [0.29, 0.717) is 0 Å². The fourth-order valence-electron chi connectivity index (χ4n) is 3.21. The van der Waals surface area contributed by atoms with Crippen LogP contribution >= 0.6 is 0 Å². The van der Waals surface area contributed by atoms with Crippen molar-refractivity contribution in [3.8, 4) is 6.07 Å². The summed E-state index contributed by atoms with van der Waals surface area (Å²) >= 11 is 0. The molecule has 0 atom stereocenters. The van der Waals surface area contributed by atoms with Crippen LogP contribution in [0.5, 0.6) is 0 Å². The van der Waals surface area contributed by atoms with Crippen LogP contribution < -0.4 is 5.32 Å². The highest BCUT2D eigenvalue weighted by molar-refractivity contribution is 5.57. The molecule has 0 fully saturated rings. The van der Waals surface area contributed by atoms with E-state index in [1.54, 1.807) is 6.07 Å². The van der Waals surface area contributed by atoms with E-state index in [2.05, 4.69) is 19.9 Å². The molecular formula is C17H18F3N5. The molecule has 1 aliphatic rings. The summed E-state index contributed by atoms with van der Waals surface area (Å²) in [5.74, 6) is 0.967. The highest BCUT2D eigenvalue weighted by Crippen LogP contribution is 2.34. The Labute approximate surface area is 143 Å². The Bertz CT molecular complexity index is 845. The topological polar surface area (TPSA) is 66.5 Å². The van der Waals surface area contributed by atoms with Gasteiger partial charge < -0.3 is 9.88 Å². The number of hydrogen-bond donors (Lipinski definition) is 1. The number of nitrogens with zero attached hydrogens (tertiary/aromatic N) is 4. The molecule has 2 aromatic heterocycles. The number of hydrogen-bond acceptors (Lipinski definition) is 4. The van der Waals surface area contributed by atoms with Crippen LogP contribution in [0.1, 0.15) is 46.9 Å². The maximum Gasteiger partial charge on any atom is 0.417 e. The van der Waals surface area contributed by atoms with Gasteiger partial charge in [-0.1, -0.05) is 0 Å². The predicted octanol–water partition coefficient (Wildman–Crippen LogP) is 3.73. The summed E-state index contributed by atoms with van der Waals surface area (Å²) in [5, 5.41) is 12.1. The molecule has 0 saturated carbocycles. The number of anilines is 1. The van der Waals surface area contributed by atoms with Crippen LogP contribution in [0.4, 0.5) is 19.0 Å². The van der Waals surface area contributed by atoms with E-state index < -0.39 is 17.3 Å². The van der Waals surface area contributed by atoms with Gasteiger partial charge in [0.05, 0.1) is 23.5 Å². The number of fused-ring (bicyclic) bond motifs is 1. The zero-order valence-corrected chi connectivity index (χ0v) is 14.0. The number of alkyl halides is 3. The summed E-state index contributed by atoms with van der Waals surface area (Å²) in [4.78, 5) is 8.63. The van der Waals surface area contributed by atoms with E-state index in [1.807, 2.05) is 6.92 Å². The van der Waals surface area contributed by atoms with Gasteiger partial charge in [-0.15, -0.1) is 0 Å². The summed E-state index contributed by atoms with van der Waals surface area (Å²) in [6.07, 6.45) is -1.54. The van der Waals surface area contributed by atoms with Gasteiger partial charge in [0.15, 0.2) is 0 Å². The van der Waals surface area contributed by atoms with Crippen molar-refractivity contribution in [3.63, 3.8) is 0 Å². The Morgan fingerprint density at radius 1 is 1.28 bits per heavy atom. The third-order valence-corrected chi connectivity index (χ3v) is 4.37. The molecule has 0 aromatic carbocycles. The molecule has 0 bridgehead atoms. The SMILES string of the molecule is Cc1cc(C(F)(F)F)c(C#N)c(NCc2c(C)nc3n2CCCC3)n1. The summed E-state index contributed by atoms with van der Waals surface area (Å²) in [5.41, 5.74) is 0.550.